The number of rotatable bonds is 9. The summed E-state index contributed by atoms with van der Waals surface area (Å²) < 4.78 is 0. The average molecular weight is 355 g/mol. The number of aliphatic carboxylic acids is 2. The third kappa shape index (κ3) is 4.49. The van der Waals surface area contributed by atoms with Gasteiger partial charge in [-0.15, -0.1) is 0 Å². The van der Waals surface area contributed by atoms with Gasteiger partial charge < -0.3 is 20.8 Å². The molecule has 1 heterocycles. The van der Waals surface area contributed by atoms with Gasteiger partial charge in [0.05, 0.1) is 6.04 Å². The van der Waals surface area contributed by atoms with E-state index in [-0.39, 0.29) is 17.9 Å². The van der Waals surface area contributed by atoms with Crippen LogP contribution in [0.25, 0.3) is 0 Å². The molecule has 0 aromatic heterocycles. The smallest absolute Gasteiger partial charge is 0.326 e. The van der Waals surface area contributed by atoms with Crippen molar-refractivity contribution in [3.8, 4) is 0 Å². The highest BCUT2D eigenvalue weighted by atomic mass is 16.4. The van der Waals surface area contributed by atoms with Crippen molar-refractivity contribution in [1.29, 1.82) is 0 Å². The zero-order valence-electron chi connectivity index (χ0n) is 14.7. The Kier molecular flexibility index (Phi) is 6.78. The number of nitrogens with zero attached hydrogens (tertiary/aromatic N) is 1. The lowest BCUT2D eigenvalue weighted by Gasteiger charge is -2.31. The second-order valence-corrected chi connectivity index (χ2v) is 7.16. The van der Waals surface area contributed by atoms with Crippen LogP contribution >= 0.6 is 0 Å². The van der Waals surface area contributed by atoms with Crippen molar-refractivity contribution in [3.63, 3.8) is 0 Å². The summed E-state index contributed by atoms with van der Waals surface area (Å²) in [6, 6.07) is -2.40. The predicted molar refractivity (Wildman–Crippen MR) is 90.9 cm³/mol. The van der Waals surface area contributed by atoms with E-state index in [2.05, 4.69) is 5.32 Å². The minimum Gasteiger partial charge on any atom is -0.480 e. The fourth-order valence-electron chi connectivity index (χ4n) is 4.19. The van der Waals surface area contributed by atoms with Gasteiger partial charge in [0.15, 0.2) is 0 Å². The first kappa shape index (κ1) is 19.7. The third-order valence-electron chi connectivity index (χ3n) is 5.44. The molecule has 1 saturated carbocycles. The summed E-state index contributed by atoms with van der Waals surface area (Å²) in [6.07, 6.45) is 5.06. The van der Waals surface area contributed by atoms with Gasteiger partial charge in [-0.25, -0.2) is 4.79 Å². The van der Waals surface area contributed by atoms with Crippen molar-refractivity contribution in [1.82, 2.24) is 10.2 Å². The highest BCUT2D eigenvalue weighted by Gasteiger charge is 2.49. The SMILES string of the molecule is C[C@H](N[C@@H](CCCCN)C(=O)O)C(=O)N1[C@H](C(=O)O)C[C@@H]2CCC[C@@H]21. The Bertz CT molecular complexity index is 513. The second kappa shape index (κ2) is 8.62. The van der Waals surface area contributed by atoms with E-state index in [0.29, 0.717) is 25.8 Å². The minimum atomic E-state index is -1.01. The predicted octanol–water partition coefficient (Wildman–Crippen LogP) is 0.401. The van der Waals surface area contributed by atoms with Gasteiger partial charge in [-0.1, -0.05) is 12.8 Å². The van der Waals surface area contributed by atoms with Crippen molar-refractivity contribution in [2.75, 3.05) is 6.54 Å². The van der Waals surface area contributed by atoms with E-state index in [4.69, 9.17) is 5.73 Å². The fraction of sp³-hybridized carbons (Fsp3) is 0.824. The fourth-order valence-corrected chi connectivity index (χ4v) is 4.19. The van der Waals surface area contributed by atoms with Gasteiger partial charge in [0, 0.05) is 6.04 Å². The number of nitrogens with two attached hydrogens (primary N) is 1. The van der Waals surface area contributed by atoms with Crippen LogP contribution in [0.5, 0.6) is 0 Å². The standard InChI is InChI=1S/C17H29N3O5/c1-10(19-12(16(22)23)6-2-3-8-18)15(21)20-13-7-4-5-11(13)9-14(20)17(24)25/h10-14,19H,2-9,18H2,1H3,(H,22,23)(H,24,25)/t10-,11-,12-,13-,14-/m0/s1. The molecule has 1 aliphatic carbocycles. The molecule has 2 aliphatic rings. The number of carbonyl (C=O) groups excluding carboxylic acids is 1. The van der Waals surface area contributed by atoms with Gasteiger partial charge in [-0.2, -0.15) is 0 Å². The van der Waals surface area contributed by atoms with Crippen LogP contribution in [0.2, 0.25) is 0 Å². The van der Waals surface area contributed by atoms with Crippen molar-refractivity contribution in [2.45, 2.75) is 76.0 Å². The lowest BCUT2D eigenvalue weighted by molar-refractivity contribution is -0.151. The van der Waals surface area contributed by atoms with Gasteiger partial charge >= 0.3 is 11.9 Å². The molecular weight excluding hydrogens is 326 g/mol. The molecule has 8 heteroatoms. The Morgan fingerprint density at radius 3 is 2.56 bits per heavy atom. The van der Waals surface area contributed by atoms with E-state index in [1.54, 1.807) is 6.92 Å². The van der Waals surface area contributed by atoms with Crippen LogP contribution in [-0.2, 0) is 14.4 Å². The van der Waals surface area contributed by atoms with Gasteiger partial charge in [-0.05, 0) is 51.5 Å². The number of carbonyl (C=O) groups is 3. The first-order chi connectivity index (χ1) is 11.9. The quantitative estimate of drug-likeness (QED) is 0.440. The molecule has 1 saturated heterocycles. The summed E-state index contributed by atoms with van der Waals surface area (Å²) in [5.41, 5.74) is 5.43. The molecule has 0 radical (unpaired) electrons. The van der Waals surface area contributed by atoms with E-state index < -0.39 is 30.1 Å². The molecule has 25 heavy (non-hydrogen) atoms. The number of likely N-dealkylation sites (tertiary alicyclic amines) is 1. The maximum atomic E-state index is 12.9. The van der Waals surface area contributed by atoms with Crippen LogP contribution in [0, 0.1) is 5.92 Å². The molecule has 8 nitrogen and oxygen atoms in total. The van der Waals surface area contributed by atoms with Crippen LogP contribution in [0.1, 0.15) is 51.9 Å². The summed E-state index contributed by atoms with van der Waals surface area (Å²) in [4.78, 5) is 37.3. The summed E-state index contributed by atoms with van der Waals surface area (Å²) in [5, 5.41) is 21.7. The van der Waals surface area contributed by atoms with Crippen molar-refractivity contribution in [2.24, 2.45) is 11.7 Å². The molecule has 1 aliphatic heterocycles. The van der Waals surface area contributed by atoms with Crippen molar-refractivity contribution in [3.05, 3.63) is 0 Å². The number of nitrogens with one attached hydrogen (secondary N) is 1. The molecule has 0 spiro atoms. The topological polar surface area (TPSA) is 133 Å². The summed E-state index contributed by atoms with van der Waals surface area (Å²) in [7, 11) is 0. The molecule has 5 atom stereocenters. The molecule has 2 rings (SSSR count). The van der Waals surface area contributed by atoms with E-state index in [1.807, 2.05) is 0 Å². The zero-order valence-corrected chi connectivity index (χ0v) is 14.7. The highest BCUT2D eigenvalue weighted by molar-refractivity contribution is 5.88. The van der Waals surface area contributed by atoms with Gasteiger partial charge in [0.25, 0.3) is 0 Å². The minimum absolute atomic E-state index is 0.0293. The summed E-state index contributed by atoms with van der Waals surface area (Å²) >= 11 is 0. The molecule has 0 bridgehead atoms. The maximum absolute atomic E-state index is 12.9. The lowest BCUT2D eigenvalue weighted by Crippen LogP contribution is -2.55. The number of amides is 1. The molecule has 0 unspecified atom stereocenters. The molecule has 1 amide bonds. The van der Waals surface area contributed by atoms with Gasteiger partial charge in [0.2, 0.25) is 5.91 Å². The Morgan fingerprint density at radius 2 is 1.96 bits per heavy atom. The van der Waals surface area contributed by atoms with E-state index in [1.165, 1.54) is 4.90 Å². The van der Waals surface area contributed by atoms with Crippen molar-refractivity contribution < 1.29 is 24.6 Å². The Balaban J connectivity index is 2.03. The van der Waals surface area contributed by atoms with Gasteiger partial charge in [-0.3, -0.25) is 14.9 Å². The Morgan fingerprint density at radius 1 is 1.24 bits per heavy atom. The Labute approximate surface area is 147 Å². The first-order valence-electron chi connectivity index (χ1n) is 9.10. The normalized spacial score (nSPS) is 27.8. The third-order valence-corrected chi connectivity index (χ3v) is 5.44. The maximum Gasteiger partial charge on any atom is 0.326 e. The van der Waals surface area contributed by atoms with Crippen LogP contribution in [0.15, 0.2) is 0 Å². The van der Waals surface area contributed by atoms with Gasteiger partial charge in [0.1, 0.15) is 12.1 Å². The summed E-state index contributed by atoms with van der Waals surface area (Å²) in [5.74, 6) is -2.05. The summed E-state index contributed by atoms with van der Waals surface area (Å²) in [6.45, 7) is 2.11. The number of hydrogen-bond acceptors (Lipinski definition) is 5. The number of carboxylic acid groups (broad SMARTS) is 2. The molecule has 2 fully saturated rings. The number of unbranched alkanes of at least 4 members (excludes halogenated alkanes) is 1. The largest absolute Gasteiger partial charge is 0.480 e. The molecule has 0 aromatic rings. The van der Waals surface area contributed by atoms with Crippen LogP contribution in [0.3, 0.4) is 0 Å². The molecule has 142 valence electrons. The lowest BCUT2D eigenvalue weighted by atomic mass is 10.0. The van der Waals surface area contributed by atoms with E-state index >= 15 is 0 Å². The molecular formula is C17H29N3O5. The zero-order chi connectivity index (χ0) is 18.6. The van der Waals surface area contributed by atoms with E-state index in [9.17, 15) is 24.6 Å². The van der Waals surface area contributed by atoms with E-state index in [0.717, 1.165) is 25.7 Å². The molecule has 0 aromatic carbocycles. The number of fused-ring (bicyclic) bond motifs is 1. The van der Waals surface area contributed by atoms with Crippen LogP contribution in [0.4, 0.5) is 0 Å². The number of carboxylic acids is 2. The van der Waals surface area contributed by atoms with Crippen LogP contribution < -0.4 is 11.1 Å². The monoisotopic (exact) mass is 355 g/mol. The first-order valence-corrected chi connectivity index (χ1v) is 9.10. The Hall–Kier alpha value is -1.67. The molecule has 5 N–H and O–H groups in total. The highest BCUT2D eigenvalue weighted by Crippen LogP contribution is 2.41. The average Bonchev–Trinajstić information content (AvgIpc) is 3.13. The second-order valence-electron chi connectivity index (χ2n) is 7.16. The number of hydrogen-bond donors (Lipinski definition) is 4. The van der Waals surface area contributed by atoms with Crippen LogP contribution in [-0.4, -0.2) is 63.7 Å². The van der Waals surface area contributed by atoms with Crippen molar-refractivity contribution >= 4 is 17.8 Å².